The molecule has 1 saturated carbocycles. The molecule has 0 aromatic rings. The Kier molecular flexibility index (Phi) is 4.33. The molecule has 4 nitrogen and oxygen atoms in total. The first kappa shape index (κ1) is 13.5. The topological polar surface area (TPSA) is 61.4 Å². The summed E-state index contributed by atoms with van der Waals surface area (Å²) in [4.78, 5) is 11.5. The van der Waals surface area contributed by atoms with E-state index in [2.05, 4.69) is 10.6 Å². The van der Waals surface area contributed by atoms with Gasteiger partial charge in [-0.25, -0.2) is 0 Å². The highest BCUT2D eigenvalue weighted by Gasteiger charge is 2.41. The van der Waals surface area contributed by atoms with Gasteiger partial charge in [-0.1, -0.05) is 0 Å². The SMILES string of the molecule is CC(C)(C)NCC(=O)NCC1(CCO)CC1. The minimum atomic E-state index is -0.0281. The molecule has 0 atom stereocenters. The first-order valence-corrected chi connectivity index (χ1v) is 6.00. The predicted octanol–water partition coefficient (Wildman–Crippen LogP) is 0.653. The Balaban J connectivity index is 2.16. The van der Waals surface area contributed by atoms with Crippen LogP contribution in [0.2, 0.25) is 0 Å². The minimum absolute atomic E-state index is 0.0281. The van der Waals surface area contributed by atoms with E-state index in [4.69, 9.17) is 5.11 Å². The lowest BCUT2D eigenvalue weighted by atomic mass is 10.0. The molecular formula is C12H24N2O2. The summed E-state index contributed by atoms with van der Waals surface area (Å²) in [6, 6.07) is 0. The summed E-state index contributed by atoms with van der Waals surface area (Å²) >= 11 is 0. The maximum atomic E-state index is 11.5. The summed E-state index contributed by atoms with van der Waals surface area (Å²) in [6.45, 7) is 7.39. The van der Waals surface area contributed by atoms with Crippen LogP contribution in [0.5, 0.6) is 0 Å². The summed E-state index contributed by atoms with van der Waals surface area (Å²) < 4.78 is 0. The Morgan fingerprint density at radius 1 is 1.38 bits per heavy atom. The molecule has 0 unspecified atom stereocenters. The highest BCUT2D eigenvalue weighted by atomic mass is 16.3. The summed E-state index contributed by atoms with van der Waals surface area (Å²) in [5, 5.41) is 15.0. The molecule has 0 heterocycles. The first-order valence-electron chi connectivity index (χ1n) is 6.00. The molecule has 94 valence electrons. The molecule has 0 spiro atoms. The third-order valence-corrected chi connectivity index (χ3v) is 3.04. The number of carbonyl (C=O) groups excluding carboxylic acids is 1. The minimum Gasteiger partial charge on any atom is -0.396 e. The Morgan fingerprint density at radius 2 is 2.00 bits per heavy atom. The van der Waals surface area contributed by atoms with Crippen LogP contribution in [0.15, 0.2) is 0 Å². The molecule has 1 aliphatic carbocycles. The molecule has 0 aromatic carbocycles. The highest BCUT2D eigenvalue weighted by Crippen LogP contribution is 2.47. The number of hydrogen-bond acceptors (Lipinski definition) is 3. The molecular weight excluding hydrogens is 204 g/mol. The van der Waals surface area contributed by atoms with Crippen LogP contribution >= 0.6 is 0 Å². The van der Waals surface area contributed by atoms with Gasteiger partial charge in [0.2, 0.25) is 5.91 Å². The Morgan fingerprint density at radius 3 is 2.44 bits per heavy atom. The number of hydrogen-bond donors (Lipinski definition) is 3. The molecule has 4 heteroatoms. The van der Waals surface area contributed by atoms with Gasteiger partial charge in [-0.2, -0.15) is 0 Å². The molecule has 16 heavy (non-hydrogen) atoms. The van der Waals surface area contributed by atoms with Gasteiger partial charge in [-0.05, 0) is 45.4 Å². The number of rotatable bonds is 6. The van der Waals surface area contributed by atoms with Gasteiger partial charge in [0.25, 0.3) is 0 Å². The fourth-order valence-corrected chi connectivity index (χ4v) is 1.62. The third kappa shape index (κ3) is 4.94. The van der Waals surface area contributed by atoms with Gasteiger partial charge in [0, 0.05) is 18.7 Å². The standard InChI is InChI=1S/C12H24N2O2/c1-11(2,3)14-8-10(16)13-9-12(4-5-12)6-7-15/h14-15H,4-9H2,1-3H3,(H,13,16). The van der Waals surface area contributed by atoms with Crippen LogP contribution in [0.25, 0.3) is 0 Å². The van der Waals surface area contributed by atoms with Crippen molar-refractivity contribution in [3.8, 4) is 0 Å². The zero-order valence-corrected chi connectivity index (χ0v) is 10.6. The zero-order chi connectivity index (χ0) is 12.2. The van der Waals surface area contributed by atoms with Crippen molar-refractivity contribution in [1.82, 2.24) is 10.6 Å². The molecule has 0 saturated heterocycles. The lowest BCUT2D eigenvalue weighted by Gasteiger charge is -2.21. The van der Waals surface area contributed by atoms with Gasteiger partial charge in [0.1, 0.15) is 0 Å². The third-order valence-electron chi connectivity index (χ3n) is 3.04. The van der Waals surface area contributed by atoms with E-state index in [1.807, 2.05) is 20.8 Å². The van der Waals surface area contributed by atoms with Gasteiger partial charge in [-0.3, -0.25) is 4.79 Å². The second kappa shape index (κ2) is 5.15. The van der Waals surface area contributed by atoms with Crippen LogP contribution in [-0.2, 0) is 4.79 Å². The fraction of sp³-hybridized carbons (Fsp3) is 0.917. The van der Waals surface area contributed by atoms with Crippen molar-refractivity contribution < 1.29 is 9.90 Å². The molecule has 3 N–H and O–H groups in total. The number of amides is 1. The lowest BCUT2D eigenvalue weighted by Crippen LogP contribution is -2.44. The van der Waals surface area contributed by atoms with Crippen LogP contribution in [0.4, 0.5) is 0 Å². The molecule has 0 aliphatic heterocycles. The number of carbonyl (C=O) groups is 1. The summed E-state index contributed by atoms with van der Waals surface area (Å²) in [5.74, 6) is 0.0409. The van der Waals surface area contributed by atoms with E-state index < -0.39 is 0 Å². The van der Waals surface area contributed by atoms with Gasteiger partial charge >= 0.3 is 0 Å². The normalized spacial score (nSPS) is 18.2. The van der Waals surface area contributed by atoms with Crippen LogP contribution < -0.4 is 10.6 Å². The van der Waals surface area contributed by atoms with Crippen molar-refractivity contribution >= 4 is 5.91 Å². The van der Waals surface area contributed by atoms with Crippen molar-refractivity contribution in [2.24, 2.45) is 5.41 Å². The van der Waals surface area contributed by atoms with Crippen molar-refractivity contribution in [2.75, 3.05) is 19.7 Å². The van der Waals surface area contributed by atoms with Gasteiger partial charge in [-0.15, -0.1) is 0 Å². The average molecular weight is 228 g/mol. The summed E-state index contributed by atoms with van der Waals surface area (Å²) in [7, 11) is 0. The molecule has 1 aliphatic rings. The van der Waals surface area contributed by atoms with E-state index in [9.17, 15) is 4.79 Å². The zero-order valence-electron chi connectivity index (χ0n) is 10.6. The van der Waals surface area contributed by atoms with Gasteiger partial charge in [0.05, 0.1) is 6.54 Å². The van der Waals surface area contributed by atoms with Gasteiger partial charge in [0.15, 0.2) is 0 Å². The van der Waals surface area contributed by atoms with Gasteiger partial charge < -0.3 is 15.7 Å². The highest BCUT2D eigenvalue weighted by molar-refractivity contribution is 5.78. The van der Waals surface area contributed by atoms with Crippen molar-refractivity contribution in [2.45, 2.75) is 45.6 Å². The van der Waals surface area contributed by atoms with E-state index in [1.165, 1.54) is 0 Å². The monoisotopic (exact) mass is 228 g/mol. The van der Waals surface area contributed by atoms with E-state index in [0.29, 0.717) is 13.1 Å². The molecule has 1 amide bonds. The Bertz CT molecular complexity index is 242. The van der Waals surface area contributed by atoms with Crippen molar-refractivity contribution in [1.29, 1.82) is 0 Å². The Labute approximate surface area is 97.8 Å². The second-order valence-corrected chi connectivity index (χ2v) is 5.85. The Hall–Kier alpha value is -0.610. The van der Waals surface area contributed by atoms with Crippen LogP contribution in [-0.4, -0.2) is 36.2 Å². The number of aliphatic hydroxyl groups is 1. The number of nitrogens with one attached hydrogen (secondary N) is 2. The molecule has 0 radical (unpaired) electrons. The largest absolute Gasteiger partial charge is 0.396 e. The van der Waals surface area contributed by atoms with Crippen LogP contribution in [0, 0.1) is 5.41 Å². The summed E-state index contributed by atoms with van der Waals surface area (Å²) in [5.41, 5.74) is 0.172. The maximum absolute atomic E-state index is 11.5. The molecule has 0 aromatic heterocycles. The van der Waals surface area contributed by atoms with E-state index >= 15 is 0 Å². The molecule has 1 fully saturated rings. The van der Waals surface area contributed by atoms with E-state index in [0.717, 1.165) is 19.3 Å². The van der Waals surface area contributed by atoms with Crippen LogP contribution in [0.1, 0.15) is 40.0 Å². The molecule has 0 bridgehead atoms. The quantitative estimate of drug-likeness (QED) is 0.625. The fourth-order valence-electron chi connectivity index (χ4n) is 1.62. The maximum Gasteiger partial charge on any atom is 0.233 e. The van der Waals surface area contributed by atoms with E-state index in [-0.39, 0.29) is 23.5 Å². The average Bonchev–Trinajstić information content (AvgIpc) is 2.92. The smallest absolute Gasteiger partial charge is 0.233 e. The predicted molar refractivity (Wildman–Crippen MR) is 64.1 cm³/mol. The lowest BCUT2D eigenvalue weighted by molar-refractivity contribution is -0.120. The second-order valence-electron chi connectivity index (χ2n) is 5.85. The van der Waals surface area contributed by atoms with Crippen LogP contribution in [0.3, 0.4) is 0 Å². The summed E-state index contributed by atoms with van der Waals surface area (Å²) in [6.07, 6.45) is 3.06. The number of aliphatic hydroxyl groups excluding tert-OH is 1. The molecule has 1 rings (SSSR count). The van der Waals surface area contributed by atoms with Crippen molar-refractivity contribution in [3.05, 3.63) is 0 Å². The van der Waals surface area contributed by atoms with Crippen molar-refractivity contribution in [3.63, 3.8) is 0 Å². The first-order chi connectivity index (χ1) is 7.37. The van der Waals surface area contributed by atoms with E-state index in [1.54, 1.807) is 0 Å².